The van der Waals surface area contributed by atoms with E-state index < -0.39 is 5.60 Å². The molecule has 0 radical (unpaired) electrons. The third-order valence-corrected chi connectivity index (χ3v) is 5.69. The van der Waals surface area contributed by atoms with Gasteiger partial charge >= 0.3 is 11.7 Å². The topological polar surface area (TPSA) is 109 Å². The Bertz CT molecular complexity index is 1070. The first-order chi connectivity index (χ1) is 16.7. The van der Waals surface area contributed by atoms with Gasteiger partial charge in [0.2, 0.25) is 5.82 Å². The van der Waals surface area contributed by atoms with Gasteiger partial charge in [-0.3, -0.25) is 9.36 Å². The van der Waals surface area contributed by atoms with Crippen molar-refractivity contribution in [2.24, 2.45) is 7.05 Å². The SMILES string of the molecule is CCCCCCCn1c(=O)c(NCCCc2cccc(OC(C)(C)C(=[OH+])OCC)c2)nn(C)c1=O. The normalized spacial score (nSPS) is 11.3. The number of rotatable bonds is 15. The van der Waals surface area contributed by atoms with Gasteiger partial charge in [0.15, 0.2) is 6.61 Å². The highest BCUT2D eigenvalue weighted by Crippen LogP contribution is 2.21. The summed E-state index contributed by atoms with van der Waals surface area (Å²) in [5.41, 5.74) is -0.662. The average molecular weight is 490 g/mol. The molecule has 0 unspecified atom stereocenters. The van der Waals surface area contributed by atoms with Gasteiger partial charge < -0.3 is 19.6 Å². The van der Waals surface area contributed by atoms with Gasteiger partial charge in [0.25, 0.3) is 11.2 Å². The Labute approximate surface area is 207 Å². The van der Waals surface area contributed by atoms with Crippen LogP contribution in [0.15, 0.2) is 33.9 Å². The second-order valence-corrected chi connectivity index (χ2v) is 9.15. The van der Waals surface area contributed by atoms with Crippen molar-refractivity contribution in [2.45, 2.75) is 84.8 Å². The summed E-state index contributed by atoms with van der Waals surface area (Å²) in [7, 11) is 1.56. The number of esters is 1. The summed E-state index contributed by atoms with van der Waals surface area (Å²) in [6.07, 6.45) is 6.73. The quantitative estimate of drug-likeness (QED) is 0.232. The lowest BCUT2D eigenvalue weighted by atomic mass is 10.1. The Morgan fingerprint density at radius 1 is 1.11 bits per heavy atom. The lowest BCUT2D eigenvalue weighted by Crippen LogP contribution is -2.41. The number of hydrogen-bond donors (Lipinski definition) is 1. The van der Waals surface area contributed by atoms with Gasteiger partial charge in [-0.2, -0.15) is 0 Å². The number of anilines is 1. The molecule has 0 saturated carbocycles. The molecule has 0 fully saturated rings. The zero-order valence-corrected chi connectivity index (χ0v) is 21.8. The molecule has 0 bridgehead atoms. The molecule has 0 spiro atoms. The van der Waals surface area contributed by atoms with E-state index in [1.54, 1.807) is 27.8 Å². The first kappa shape index (κ1) is 28.1. The summed E-state index contributed by atoms with van der Waals surface area (Å²) in [6, 6.07) is 7.67. The fraction of sp³-hybridized carbons (Fsp3) is 0.615. The van der Waals surface area contributed by atoms with Crippen molar-refractivity contribution in [3.8, 4) is 5.75 Å². The zero-order chi connectivity index (χ0) is 25.8. The Hall–Kier alpha value is -3.10. The maximum atomic E-state index is 12.8. The van der Waals surface area contributed by atoms with E-state index in [1.165, 1.54) is 9.25 Å². The summed E-state index contributed by atoms with van der Waals surface area (Å²) < 4.78 is 13.6. The molecule has 1 aromatic carbocycles. The molecule has 0 saturated heterocycles. The number of nitrogens with zero attached hydrogens (tertiary/aromatic N) is 3. The lowest BCUT2D eigenvalue weighted by Gasteiger charge is -2.20. The zero-order valence-electron chi connectivity index (χ0n) is 21.8. The summed E-state index contributed by atoms with van der Waals surface area (Å²) >= 11 is 0. The molecule has 35 heavy (non-hydrogen) atoms. The number of nitrogens with one attached hydrogen (secondary N) is 1. The molecule has 0 atom stereocenters. The monoisotopic (exact) mass is 489 g/mol. The van der Waals surface area contributed by atoms with Crippen LogP contribution in [-0.4, -0.2) is 43.9 Å². The fourth-order valence-electron chi connectivity index (χ4n) is 3.72. The molecule has 0 amide bonds. The second kappa shape index (κ2) is 13.7. The van der Waals surface area contributed by atoms with Crippen molar-refractivity contribution >= 4 is 11.8 Å². The third-order valence-electron chi connectivity index (χ3n) is 5.69. The molecule has 194 valence electrons. The third kappa shape index (κ3) is 8.56. The van der Waals surface area contributed by atoms with Crippen LogP contribution in [0.5, 0.6) is 5.75 Å². The molecular formula is C26H41N4O5+. The summed E-state index contributed by atoms with van der Waals surface area (Å²) in [4.78, 5) is 35.2. The van der Waals surface area contributed by atoms with E-state index in [4.69, 9.17) is 9.47 Å². The van der Waals surface area contributed by atoms with E-state index >= 15 is 0 Å². The minimum absolute atomic E-state index is 0.161. The molecule has 9 heteroatoms. The summed E-state index contributed by atoms with van der Waals surface area (Å²) in [5.74, 6) is 0.667. The van der Waals surface area contributed by atoms with Crippen molar-refractivity contribution in [1.82, 2.24) is 14.3 Å². The molecule has 2 rings (SSSR count). The maximum absolute atomic E-state index is 12.8. The highest BCUT2D eigenvalue weighted by atomic mass is 16.6. The molecule has 0 aliphatic heterocycles. The number of benzene rings is 1. The molecule has 2 aromatic rings. The number of unbranched alkanes of at least 4 members (excludes halogenated alkanes) is 4. The minimum atomic E-state index is -0.971. The van der Waals surface area contributed by atoms with Crippen LogP contribution < -0.4 is 21.3 Å². The molecule has 0 aliphatic rings. The number of ether oxygens (including phenoxy) is 2. The highest BCUT2D eigenvalue weighted by Gasteiger charge is 2.38. The van der Waals surface area contributed by atoms with Gasteiger partial charge in [0.05, 0.1) is 0 Å². The molecule has 1 heterocycles. The lowest BCUT2D eigenvalue weighted by molar-refractivity contribution is 0.121. The molecule has 1 aromatic heterocycles. The first-order valence-electron chi connectivity index (χ1n) is 12.6. The van der Waals surface area contributed by atoms with E-state index in [0.717, 1.165) is 50.5 Å². The number of aryl methyl sites for hydroxylation is 2. The van der Waals surface area contributed by atoms with Crippen molar-refractivity contribution in [2.75, 3.05) is 18.5 Å². The average Bonchev–Trinajstić information content (AvgIpc) is 2.81. The predicted molar refractivity (Wildman–Crippen MR) is 139 cm³/mol. The summed E-state index contributed by atoms with van der Waals surface area (Å²) in [6.45, 7) is 8.74. The van der Waals surface area contributed by atoms with Gasteiger partial charge in [-0.25, -0.2) is 9.48 Å². The van der Waals surface area contributed by atoms with E-state index in [0.29, 0.717) is 25.4 Å². The molecule has 2 N–H and O–H groups in total. The van der Waals surface area contributed by atoms with Crippen LogP contribution >= 0.6 is 0 Å². The fourth-order valence-corrected chi connectivity index (χ4v) is 3.72. The molecule has 9 nitrogen and oxygen atoms in total. The van der Waals surface area contributed by atoms with E-state index in [2.05, 4.69) is 17.3 Å². The number of aromatic nitrogens is 3. The van der Waals surface area contributed by atoms with Crippen LogP contribution in [0, 0.1) is 0 Å². The van der Waals surface area contributed by atoms with E-state index in [1.807, 2.05) is 24.3 Å². The standard InChI is InChI=1S/C26H40N4O5/c1-6-8-9-10-11-18-30-23(31)22(28-29(5)25(30)33)27-17-13-15-20-14-12-16-21(19-20)35-26(3,4)24(32)34-7-2/h12,14,16,19H,6-11,13,15,17-18H2,1-5H3,(H,27,28)/p+1. The molecular weight excluding hydrogens is 448 g/mol. The van der Waals surface area contributed by atoms with Gasteiger partial charge in [-0.05, 0) is 57.7 Å². The smallest absolute Gasteiger partial charge is 0.470 e. The number of carbonyl (C=O) groups excluding carboxylic acids is 1. The van der Waals surface area contributed by atoms with Crippen LogP contribution in [0.2, 0.25) is 0 Å². The van der Waals surface area contributed by atoms with E-state index in [9.17, 15) is 14.4 Å². The Balaban J connectivity index is 1.94. The summed E-state index contributed by atoms with van der Waals surface area (Å²) in [5, 5.41) is 7.22. The van der Waals surface area contributed by atoms with Crippen LogP contribution in [0.4, 0.5) is 5.82 Å². The van der Waals surface area contributed by atoms with Crippen molar-refractivity contribution < 1.29 is 14.3 Å². The minimum Gasteiger partial charge on any atom is -0.470 e. The first-order valence-corrected chi connectivity index (χ1v) is 12.6. The van der Waals surface area contributed by atoms with Gasteiger partial charge in [0.1, 0.15) is 5.75 Å². The van der Waals surface area contributed by atoms with Crippen molar-refractivity contribution in [3.05, 3.63) is 50.7 Å². The van der Waals surface area contributed by atoms with Crippen molar-refractivity contribution in [3.63, 3.8) is 0 Å². The maximum Gasteiger partial charge on any atom is 0.527 e. The van der Waals surface area contributed by atoms with E-state index in [-0.39, 0.29) is 23.0 Å². The van der Waals surface area contributed by atoms with Crippen LogP contribution in [0.3, 0.4) is 0 Å². The van der Waals surface area contributed by atoms with Gasteiger partial charge in [0, 0.05) is 20.1 Å². The largest absolute Gasteiger partial charge is 0.527 e. The van der Waals surface area contributed by atoms with Gasteiger partial charge in [-0.1, -0.05) is 44.7 Å². The molecule has 0 aliphatic carbocycles. The van der Waals surface area contributed by atoms with Crippen LogP contribution in [0.25, 0.3) is 0 Å². The Kier molecular flexibility index (Phi) is 11.0. The highest BCUT2D eigenvalue weighted by molar-refractivity contribution is 5.80. The predicted octanol–water partition coefficient (Wildman–Crippen LogP) is 3.65. The Morgan fingerprint density at radius 2 is 1.86 bits per heavy atom. The van der Waals surface area contributed by atoms with Crippen molar-refractivity contribution in [1.29, 1.82) is 0 Å². The number of hydrogen-bond acceptors (Lipinski definition) is 6. The van der Waals surface area contributed by atoms with Crippen LogP contribution in [-0.2, 0) is 24.8 Å². The Morgan fingerprint density at radius 3 is 2.57 bits per heavy atom. The van der Waals surface area contributed by atoms with Crippen LogP contribution in [0.1, 0.15) is 71.8 Å². The second-order valence-electron chi connectivity index (χ2n) is 9.15. The van der Waals surface area contributed by atoms with Gasteiger partial charge in [-0.15, -0.1) is 5.10 Å².